The number of benzene rings is 7. The molecule has 2 heterocycles. The number of rotatable bonds is 3. The van der Waals surface area contributed by atoms with E-state index in [0.29, 0.717) is 0 Å². The third-order valence-corrected chi connectivity index (χ3v) is 12.1. The monoisotopic (exact) mass is 656 g/mol. The minimum Gasteiger partial charge on any atom is -0.456 e. The van der Waals surface area contributed by atoms with E-state index < -0.39 is 0 Å². The number of hydrogen-bond acceptors (Lipinski definition) is 2. The molecular formula is C48H32OS. The summed E-state index contributed by atoms with van der Waals surface area (Å²) in [6.07, 6.45) is 13.6. The van der Waals surface area contributed by atoms with Gasteiger partial charge in [-0.3, -0.25) is 0 Å². The van der Waals surface area contributed by atoms with Gasteiger partial charge in [-0.05, 0) is 104 Å². The van der Waals surface area contributed by atoms with Crippen LogP contribution < -0.4 is 10.4 Å². The second-order valence-electron chi connectivity index (χ2n) is 13.7. The number of hydrogen-bond donors (Lipinski definition) is 0. The highest BCUT2D eigenvalue weighted by atomic mass is 32.1. The maximum absolute atomic E-state index is 6.55. The predicted molar refractivity (Wildman–Crippen MR) is 215 cm³/mol. The van der Waals surface area contributed by atoms with Crippen molar-refractivity contribution < 1.29 is 4.42 Å². The summed E-state index contributed by atoms with van der Waals surface area (Å²) in [5.74, 6) is 1.03. The summed E-state index contributed by atoms with van der Waals surface area (Å²) in [6, 6.07) is 45.0. The third-order valence-electron chi connectivity index (χ3n) is 11.0. The molecule has 2 heteroatoms. The van der Waals surface area contributed by atoms with Crippen LogP contribution in [0.1, 0.15) is 30.6 Å². The molecule has 7 aromatic carbocycles. The molecule has 0 fully saturated rings. The summed E-state index contributed by atoms with van der Waals surface area (Å²) in [5.41, 5.74) is 10.1. The first kappa shape index (κ1) is 28.2. The van der Waals surface area contributed by atoms with Crippen LogP contribution >= 0.6 is 11.3 Å². The van der Waals surface area contributed by atoms with Crippen LogP contribution in [-0.2, 0) is 6.42 Å². The Hall–Kier alpha value is -5.70. The predicted octanol–water partition coefficient (Wildman–Crippen LogP) is 12.4. The van der Waals surface area contributed by atoms with Crippen molar-refractivity contribution in [1.82, 2.24) is 0 Å². The van der Waals surface area contributed by atoms with Crippen LogP contribution in [-0.4, -0.2) is 0 Å². The molecular weight excluding hydrogens is 625 g/mol. The van der Waals surface area contributed by atoms with Crippen molar-refractivity contribution in [3.05, 3.63) is 149 Å². The molecule has 0 aliphatic heterocycles. The SMILES string of the molecule is C1=Cc2oc3c4ccccc4c4c5cc(-c6ccc(-c7c8c(c(-c9ccccc9)c9ccccc79)=CCCC=8)cc6)ccc5sc4c3c2CC1. The Morgan fingerprint density at radius 3 is 1.86 bits per heavy atom. The number of allylic oxidation sites excluding steroid dienone is 1. The molecule has 50 heavy (non-hydrogen) atoms. The molecule has 0 unspecified atom stereocenters. The van der Waals surface area contributed by atoms with Crippen LogP contribution in [0.15, 0.2) is 132 Å². The van der Waals surface area contributed by atoms with Gasteiger partial charge in [0.1, 0.15) is 11.3 Å². The van der Waals surface area contributed by atoms with E-state index in [1.54, 1.807) is 0 Å². The fraction of sp³-hybridized carbons (Fsp3) is 0.0833. The molecule has 0 radical (unpaired) electrons. The van der Waals surface area contributed by atoms with Gasteiger partial charge in [0, 0.05) is 36.5 Å². The van der Waals surface area contributed by atoms with Crippen LogP contribution in [0.3, 0.4) is 0 Å². The average molecular weight is 657 g/mol. The fourth-order valence-corrected chi connectivity index (χ4v) is 10.0. The smallest absolute Gasteiger partial charge is 0.144 e. The van der Waals surface area contributed by atoms with Gasteiger partial charge in [-0.2, -0.15) is 0 Å². The first-order valence-electron chi connectivity index (χ1n) is 17.7. The first-order chi connectivity index (χ1) is 24.8. The minimum absolute atomic E-state index is 1.03. The number of fused-ring (bicyclic) bond motifs is 12. The topological polar surface area (TPSA) is 13.1 Å². The van der Waals surface area contributed by atoms with Crippen molar-refractivity contribution in [2.24, 2.45) is 0 Å². The molecule has 2 aromatic heterocycles. The van der Waals surface area contributed by atoms with Gasteiger partial charge >= 0.3 is 0 Å². The minimum atomic E-state index is 1.03. The summed E-state index contributed by atoms with van der Waals surface area (Å²) in [6.45, 7) is 0. The summed E-state index contributed by atoms with van der Waals surface area (Å²) in [7, 11) is 0. The van der Waals surface area contributed by atoms with Crippen LogP contribution in [0.4, 0.5) is 0 Å². The normalized spacial score (nSPS) is 13.9. The molecule has 0 N–H and O–H groups in total. The Morgan fingerprint density at radius 2 is 1.12 bits per heavy atom. The summed E-state index contributed by atoms with van der Waals surface area (Å²) in [5, 5.41) is 11.8. The van der Waals surface area contributed by atoms with Gasteiger partial charge in [-0.1, -0.05) is 127 Å². The van der Waals surface area contributed by atoms with Crippen molar-refractivity contribution in [3.63, 3.8) is 0 Å². The standard InChI is InChI=1S/C48H32OS/c1-2-12-30(13-3-1)43-33-14-4-6-16-35(33)44(36-17-7-5-15-34(36)43)31-24-22-29(23-25-31)32-26-27-42-40(28-32)45-37-18-8-9-19-38(37)47-46(48(45)50-42)39-20-10-11-21-41(39)49-47/h1-4,6,8-9,11-19,21-28H,5,7,10,20H2. The summed E-state index contributed by atoms with van der Waals surface area (Å²) in [4.78, 5) is 0. The van der Waals surface area contributed by atoms with Crippen LogP contribution in [0, 0.1) is 0 Å². The Labute approximate surface area is 293 Å². The summed E-state index contributed by atoms with van der Waals surface area (Å²) < 4.78 is 9.23. The van der Waals surface area contributed by atoms with Gasteiger partial charge in [-0.25, -0.2) is 0 Å². The Morgan fingerprint density at radius 1 is 0.500 bits per heavy atom. The van der Waals surface area contributed by atoms with Crippen molar-refractivity contribution in [1.29, 1.82) is 0 Å². The van der Waals surface area contributed by atoms with E-state index in [0.717, 1.165) is 37.0 Å². The van der Waals surface area contributed by atoms with E-state index in [1.807, 2.05) is 11.3 Å². The number of aryl methyl sites for hydroxylation is 1. The molecule has 236 valence electrons. The van der Waals surface area contributed by atoms with E-state index in [2.05, 4.69) is 146 Å². The molecule has 0 spiro atoms. The second kappa shape index (κ2) is 10.9. The van der Waals surface area contributed by atoms with Gasteiger partial charge in [0.05, 0.1) is 0 Å². The molecule has 0 amide bonds. The van der Waals surface area contributed by atoms with Crippen LogP contribution in [0.2, 0.25) is 0 Å². The lowest BCUT2D eigenvalue weighted by Crippen LogP contribution is -2.31. The Kier molecular flexibility index (Phi) is 6.14. The lowest BCUT2D eigenvalue weighted by Gasteiger charge is -2.17. The molecule has 0 bridgehead atoms. The van der Waals surface area contributed by atoms with E-state index in [-0.39, 0.29) is 0 Å². The van der Waals surface area contributed by atoms with Crippen molar-refractivity contribution in [3.8, 4) is 33.4 Å². The largest absolute Gasteiger partial charge is 0.456 e. The molecule has 2 aliphatic rings. The Balaban J connectivity index is 1.09. The molecule has 1 nitrogen and oxygen atoms in total. The zero-order chi connectivity index (χ0) is 32.8. The van der Waals surface area contributed by atoms with Crippen molar-refractivity contribution in [2.75, 3.05) is 0 Å². The van der Waals surface area contributed by atoms with Gasteiger partial charge in [0.15, 0.2) is 0 Å². The fourth-order valence-electron chi connectivity index (χ4n) is 8.75. The van der Waals surface area contributed by atoms with E-state index in [1.165, 1.54) is 96.5 Å². The molecule has 2 aliphatic carbocycles. The highest BCUT2D eigenvalue weighted by molar-refractivity contribution is 7.27. The van der Waals surface area contributed by atoms with Crippen molar-refractivity contribution in [2.45, 2.75) is 25.7 Å². The zero-order valence-corrected chi connectivity index (χ0v) is 28.3. The molecule has 9 aromatic rings. The highest BCUT2D eigenvalue weighted by Gasteiger charge is 2.23. The average Bonchev–Trinajstić information content (AvgIpc) is 3.76. The second-order valence-corrected chi connectivity index (χ2v) is 14.8. The van der Waals surface area contributed by atoms with Gasteiger partial charge in [0.25, 0.3) is 0 Å². The molecule has 0 saturated carbocycles. The molecule has 0 atom stereocenters. The first-order valence-corrected chi connectivity index (χ1v) is 18.5. The van der Waals surface area contributed by atoms with Crippen molar-refractivity contribution >= 4 is 82.3 Å². The van der Waals surface area contributed by atoms with Gasteiger partial charge in [-0.15, -0.1) is 11.3 Å². The lowest BCUT2D eigenvalue weighted by atomic mass is 9.86. The number of furan rings is 1. The van der Waals surface area contributed by atoms with Crippen LogP contribution in [0.25, 0.3) is 104 Å². The lowest BCUT2D eigenvalue weighted by molar-refractivity contribution is 0.598. The quantitative estimate of drug-likeness (QED) is 0.184. The van der Waals surface area contributed by atoms with E-state index in [4.69, 9.17) is 4.42 Å². The zero-order valence-electron chi connectivity index (χ0n) is 27.5. The third kappa shape index (κ3) is 4.06. The van der Waals surface area contributed by atoms with E-state index in [9.17, 15) is 0 Å². The highest BCUT2D eigenvalue weighted by Crippen LogP contribution is 2.48. The maximum Gasteiger partial charge on any atom is 0.144 e. The molecule has 11 rings (SSSR count). The maximum atomic E-state index is 6.55. The molecule has 0 saturated heterocycles. The Bertz CT molecular complexity index is 3010. The van der Waals surface area contributed by atoms with Gasteiger partial charge in [0.2, 0.25) is 0 Å². The van der Waals surface area contributed by atoms with E-state index >= 15 is 0 Å². The van der Waals surface area contributed by atoms with Gasteiger partial charge < -0.3 is 4.42 Å². The van der Waals surface area contributed by atoms with Crippen LogP contribution in [0.5, 0.6) is 0 Å². The summed E-state index contributed by atoms with van der Waals surface area (Å²) >= 11 is 1.91. The number of thiophene rings is 1.